The highest BCUT2D eigenvalue weighted by Gasteiger charge is 2.28. The van der Waals surface area contributed by atoms with E-state index in [2.05, 4.69) is 6.92 Å². The van der Waals surface area contributed by atoms with Gasteiger partial charge in [-0.25, -0.2) is 9.18 Å². The van der Waals surface area contributed by atoms with E-state index in [0.717, 1.165) is 44.4 Å². The smallest absolute Gasteiger partial charge is 0.343 e. The molecule has 1 aliphatic rings. The summed E-state index contributed by atoms with van der Waals surface area (Å²) in [4.78, 5) is 24.7. The second-order valence-electron chi connectivity index (χ2n) is 7.88. The third-order valence-electron chi connectivity index (χ3n) is 5.54. The van der Waals surface area contributed by atoms with Crippen molar-refractivity contribution >= 4 is 11.9 Å². The minimum atomic E-state index is -1.42. The fourth-order valence-corrected chi connectivity index (χ4v) is 3.57. The Labute approximate surface area is 191 Å². The number of benzene rings is 2. The highest BCUT2D eigenvalue weighted by atomic mass is 19.2. The first-order chi connectivity index (χ1) is 15.9. The first-order valence-electron chi connectivity index (χ1n) is 11.0. The van der Waals surface area contributed by atoms with Crippen molar-refractivity contribution in [3.63, 3.8) is 0 Å². The van der Waals surface area contributed by atoms with Crippen molar-refractivity contribution in [1.29, 1.82) is 5.26 Å². The summed E-state index contributed by atoms with van der Waals surface area (Å²) in [5.41, 5.74) is -0.431. The molecule has 2 aromatic carbocycles. The van der Waals surface area contributed by atoms with Gasteiger partial charge in [-0.3, -0.25) is 4.79 Å². The van der Waals surface area contributed by atoms with Crippen LogP contribution in [0.2, 0.25) is 0 Å². The number of carbonyl (C=O) groups is 2. The first kappa shape index (κ1) is 24.3. The monoisotopic (exact) mass is 457 g/mol. The maximum atomic E-state index is 13.9. The van der Waals surface area contributed by atoms with Gasteiger partial charge in [-0.2, -0.15) is 9.65 Å². The Morgan fingerprint density at radius 3 is 2.33 bits per heavy atom. The maximum Gasteiger partial charge on any atom is 0.343 e. The van der Waals surface area contributed by atoms with Gasteiger partial charge in [-0.15, -0.1) is 0 Å². The number of esters is 2. The molecule has 6 nitrogen and oxygen atoms in total. The number of carbonyl (C=O) groups excluding carboxylic acids is 2. The third kappa shape index (κ3) is 6.36. The molecular formula is C25H25F2NO5. The van der Waals surface area contributed by atoms with E-state index in [1.165, 1.54) is 30.3 Å². The SMILES string of the molecule is CCCCO[C@H]1CC[C@H](C(=O)Oc2ccc(C(=O)Oc3ccc(C#N)c(F)c3F)cc2)CC1. The van der Waals surface area contributed by atoms with Gasteiger partial charge in [0.15, 0.2) is 11.6 Å². The van der Waals surface area contributed by atoms with Crippen LogP contribution in [0.1, 0.15) is 61.4 Å². The fourth-order valence-electron chi connectivity index (χ4n) is 3.57. The number of halogens is 2. The van der Waals surface area contributed by atoms with Crippen LogP contribution in [-0.4, -0.2) is 24.6 Å². The third-order valence-corrected chi connectivity index (χ3v) is 5.54. The highest BCUT2D eigenvalue weighted by Crippen LogP contribution is 2.28. The summed E-state index contributed by atoms with van der Waals surface area (Å²) in [6, 6.07) is 9.13. The van der Waals surface area contributed by atoms with Crippen LogP contribution in [0, 0.1) is 28.9 Å². The predicted molar refractivity (Wildman–Crippen MR) is 115 cm³/mol. The maximum absolute atomic E-state index is 13.9. The summed E-state index contributed by atoms with van der Waals surface area (Å²) in [7, 11) is 0. The summed E-state index contributed by atoms with van der Waals surface area (Å²) in [6.07, 6.45) is 5.36. The van der Waals surface area contributed by atoms with Crippen LogP contribution in [0.4, 0.5) is 8.78 Å². The lowest BCUT2D eigenvalue weighted by Gasteiger charge is -2.27. The fraction of sp³-hybridized carbons (Fsp3) is 0.400. The van der Waals surface area contributed by atoms with Gasteiger partial charge in [-0.1, -0.05) is 13.3 Å². The molecular weight excluding hydrogens is 432 g/mol. The van der Waals surface area contributed by atoms with Crippen LogP contribution in [0.5, 0.6) is 11.5 Å². The van der Waals surface area contributed by atoms with Gasteiger partial charge in [0, 0.05) is 6.61 Å². The Kier molecular flexibility index (Phi) is 8.50. The van der Waals surface area contributed by atoms with Crippen molar-refractivity contribution in [3.8, 4) is 17.6 Å². The highest BCUT2D eigenvalue weighted by molar-refractivity contribution is 5.91. The van der Waals surface area contributed by atoms with E-state index in [1.54, 1.807) is 0 Å². The van der Waals surface area contributed by atoms with Crippen molar-refractivity contribution in [1.82, 2.24) is 0 Å². The minimum Gasteiger partial charge on any atom is -0.426 e. The van der Waals surface area contributed by atoms with E-state index in [1.807, 2.05) is 0 Å². The van der Waals surface area contributed by atoms with E-state index in [0.29, 0.717) is 12.8 Å². The molecule has 1 aliphatic carbocycles. The average Bonchev–Trinajstić information content (AvgIpc) is 2.83. The molecule has 0 bridgehead atoms. The van der Waals surface area contributed by atoms with Crippen molar-refractivity contribution in [2.75, 3.05) is 6.61 Å². The van der Waals surface area contributed by atoms with Crippen LogP contribution in [0.15, 0.2) is 36.4 Å². The molecule has 0 unspecified atom stereocenters. The molecule has 174 valence electrons. The van der Waals surface area contributed by atoms with Crippen LogP contribution in [0.3, 0.4) is 0 Å². The number of hydrogen-bond acceptors (Lipinski definition) is 6. The summed E-state index contributed by atoms with van der Waals surface area (Å²) in [6.45, 7) is 2.86. The van der Waals surface area contributed by atoms with Gasteiger partial charge in [0.1, 0.15) is 11.8 Å². The molecule has 0 amide bonds. The lowest BCUT2D eigenvalue weighted by atomic mass is 9.87. The van der Waals surface area contributed by atoms with Crippen molar-refractivity contribution in [3.05, 3.63) is 59.2 Å². The van der Waals surface area contributed by atoms with E-state index in [-0.39, 0.29) is 29.3 Å². The molecule has 2 aromatic rings. The number of nitrogens with zero attached hydrogens (tertiary/aromatic N) is 1. The Hall–Kier alpha value is -3.31. The van der Waals surface area contributed by atoms with E-state index in [4.69, 9.17) is 19.5 Å². The Bertz CT molecular complexity index is 1020. The molecule has 33 heavy (non-hydrogen) atoms. The topological polar surface area (TPSA) is 85.6 Å². The Morgan fingerprint density at radius 1 is 1.00 bits per heavy atom. The van der Waals surface area contributed by atoms with Gasteiger partial charge >= 0.3 is 11.9 Å². The van der Waals surface area contributed by atoms with Crippen molar-refractivity contribution in [2.45, 2.75) is 51.6 Å². The molecule has 0 heterocycles. The number of rotatable bonds is 8. The predicted octanol–water partition coefficient (Wildman–Crippen LogP) is 5.34. The summed E-state index contributed by atoms with van der Waals surface area (Å²) < 4.78 is 43.8. The molecule has 0 radical (unpaired) electrons. The molecule has 0 aliphatic heterocycles. The van der Waals surface area contributed by atoms with Crippen LogP contribution in [0.25, 0.3) is 0 Å². The van der Waals surface area contributed by atoms with Gasteiger partial charge in [0.05, 0.1) is 23.1 Å². The summed E-state index contributed by atoms with van der Waals surface area (Å²) >= 11 is 0. The lowest BCUT2D eigenvalue weighted by Crippen LogP contribution is -2.29. The van der Waals surface area contributed by atoms with E-state index in [9.17, 15) is 18.4 Å². The van der Waals surface area contributed by atoms with Crippen LogP contribution in [-0.2, 0) is 9.53 Å². The quantitative estimate of drug-likeness (QED) is 0.302. The zero-order valence-electron chi connectivity index (χ0n) is 18.3. The van der Waals surface area contributed by atoms with Crippen molar-refractivity contribution < 1.29 is 32.6 Å². The normalized spacial score (nSPS) is 17.8. The second-order valence-corrected chi connectivity index (χ2v) is 7.88. The Morgan fingerprint density at radius 2 is 1.70 bits per heavy atom. The number of nitriles is 1. The van der Waals surface area contributed by atoms with Gasteiger partial charge < -0.3 is 14.2 Å². The van der Waals surface area contributed by atoms with Crippen LogP contribution >= 0.6 is 0 Å². The minimum absolute atomic E-state index is 0.0590. The molecule has 8 heteroatoms. The van der Waals surface area contributed by atoms with Gasteiger partial charge in [-0.05, 0) is 68.5 Å². The largest absolute Gasteiger partial charge is 0.426 e. The molecule has 0 saturated heterocycles. The van der Waals surface area contributed by atoms with Crippen LogP contribution < -0.4 is 9.47 Å². The number of unbranched alkanes of at least 4 members (excludes halogenated alkanes) is 1. The number of hydrogen-bond donors (Lipinski definition) is 0. The van der Waals surface area contributed by atoms with Gasteiger partial charge in [0.25, 0.3) is 0 Å². The zero-order valence-corrected chi connectivity index (χ0v) is 18.3. The summed E-state index contributed by atoms with van der Waals surface area (Å²) in [5.74, 6) is -4.60. The zero-order chi connectivity index (χ0) is 23.8. The second kappa shape index (κ2) is 11.5. The van der Waals surface area contributed by atoms with Gasteiger partial charge in [0.2, 0.25) is 5.82 Å². The van der Waals surface area contributed by atoms with E-state index >= 15 is 0 Å². The first-order valence-corrected chi connectivity index (χ1v) is 11.0. The number of ether oxygens (including phenoxy) is 3. The molecule has 0 aromatic heterocycles. The average molecular weight is 457 g/mol. The molecule has 0 atom stereocenters. The molecule has 3 rings (SSSR count). The standard InChI is InChI=1S/C25H25F2NO5/c1-2-3-14-31-19-9-4-16(5-10-19)24(29)32-20-11-6-17(7-12-20)25(30)33-21-13-8-18(15-28)22(26)23(21)27/h6-8,11-13,16,19H,2-5,9-10,14H2,1H3/t16-,19-. The van der Waals surface area contributed by atoms with Crippen molar-refractivity contribution in [2.24, 2.45) is 5.92 Å². The van der Waals surface area contributed by atoms with E-state index < -0.39 is 28.9 Å². The molecule has 1 saturated carbocycles. The molecule has 1 fully saturated rings. The Balaban J connectivity index is 1.52. The summed E-state index contributed by atoms with van der Waals surface area (Å²) in [5, 5.41) is 8.71. The lowest BCUT2D eigenvalue weighted by molar-refractivity contribution is -0.141. The molecule has 0 spiro atoms. The molecule has 0 N–H and O–H groups in total.